The molecule has 0 aliphatic carbocycles. The van der Waals surface area contributed by atoms with Gasteiger partial charge in [-0.1, -0.05) is 30.4 Å². The van der Waals surface area contributed by atoms with Crippen LogP contribution < -0.4 is 14.4 Å². The van der Waals surface area contributed by atoms with Crippen molar-refractivity contribution in [3.63, 3.8) is 0 Å². The number of anilines is 1. The Balaban J connectivity index is 2.02. The SMILES string of the molecule is COC(=O)[C@@]1(C#N)[C@@H](c2cc(OC)cc(OC)c2)[C@@H](C#N)N2c3ccccc3C=C[C@@H]21. The maximum atomic E-state index is 13.2. The number of hydrogen-bond donors (Lipinski definition) is 0. The highest BCUT2D eigenvalue weighted by molar-refractivity contribution is 5.89. The molecule has 0 amide bonds. The topological polar surface area (TPSA) is 95.6 Å². The molecule has 0 saturated carbocycles. The molecule has 1 saturated heterocycles. The average Bonchev–Trinajstić information content (AvgIpc) is 3.13. The fraction of sp³-hybridized carbons (Fsp3) is 0.292. The third kappa shape index (κ3) is 2.82. The van der Waals surface area contributed by atoms with Gasteiger partial charge in [0.1, 0.15) is 17.5 Å². The van der Waals surface area contributed by atoms with Crippen LogP contribution in [0, 0.1) is 28.1 Å². The molecule has 0 spiro atoms. The molecule has 0 aromatic heterocycles. The van der Waals surface area contributed by atoms with Gasteiger partial charge in [0.2, 0.25) is 0 Å². The van der Waals surface area contributed by atoms with Crippen LogP contribution in [0.25, 0.3) is 6.08 Å². The molecule has 4 rings (SSSR count). The monoisotopic (exact) mass is 415 g/mol. The third-order valence-corrected chi connectivity index (χ3v) is 6.12. The highest BCUT2D eigenvalue weighted by atomic mass is 16.5. The summed E-state index contributed by atoms with van der Waals surface area (Å²) in [7, 11) is 4.30. The Kier molecular flexibility index (Phi) is 5.04. The molecule has 0 radical (unpaired) electrons. The molecule has 7 heteroatoms. The maximum absolute atomic E-state index is 13.2. The Morgan fingerprint density at radius 2 is 1.74 bits per heavy atom. The lowest BCUT2D eigenvalue weighted by molar-refractivity contribution is -0.150. The standard InChI is InChI=1S/C24H21N3O4/c1-29-17-10-16(11-18(12-17)30-2)22-20(13-25)27-19-7-5-4-6-15(19)8-9-21(27)24(22,14-26)23(28)31-3/h4-12,20-22H,1-3H3/t20-,21-,22+,24-/m1/s1. The van der Waals surface area contributed by atoms with Crippen molar-refractivity contribution in [1.82, 2.24) is 0 Å². The van der Waals surface area contributed by atoms with Gasteiger partial charge in [0, 0.05) is 17.7 Å². The van der Waals surface area contributed by atoms with Gasteiger partial charge in [0.25, 0.3) is 0 Å². The number of fused-ring (bicyclic) bond motifs is 3. The summed E-state index contributed by atoms with van der Waals surface area (Å²) in [6.07, 6.45) is 3.69. The minimum Gasteiger partial charge on any atom is -0.497 e. The molecule has 2 aliphatic rings. The van der Waals surface area contributed by atoms with Crippen molar-refractivity contribution < 1.29 is 19.0 Å². The molecule has 156 valence electrons. The molecule has 7 nitrogen and oxygen atoms in total. The van der Waals surface area contributed by atoms with Gasteiger partial charge in [-0.2, -0.15) is 10.5 Å². The van der Waals surface area contributed by atoms with Crippen molar-refractivity contribution in [1.29, 1.82) is 10.5 Å². The number of rotatable bonds is 4. The second-order valence-electron chi connectivity index (χ2n) is 7.44. The lowest BCUT2D eigenvalue weighted by Crippen LogP contribution is -2.46. The number of hydrogen-bond acceptors (Lipinski definition) is 7. The van der Waals surface area contributed by atoms with Crippen LogP contribution in [0.4, 0.5) is 5.69 Å². The highest BCUT2D eigenvalue weighted by Crippen LogP contribution is 2.56. The highest BCUT2D eigenvalue weighted by Gasteiger charge is 2.66. The molecule has 0 N–H and O–H groups in total. The van der Waals surface area contributed by atoms with Gasteiger partial charge in [-0.05, 0) is 29.3 Å². The average molecular weight is 415 g/mol. The van der Waals surface area contributed by atoms with E-state index in [2.05, 4.69) is 12.1 Å². The Bertz CT molecular complexity index is 1120. The number of nitriles is 2. The van der Waals surface area contributed by atoms with Crippen LogP contribution in [-0.4, -0.2) is 39.4 Å². The zero-order chi connectivity index (χ0) is 22.2. The minimum atomic E-state index is -1.64. The van der Waals surface area contributed by atoms with Crippen molar-refractivity contribution in [3.05, 3.63) is 59.7 Å². The first kappa shape index (κ1) is 20.3. The van der Waals surface area contributed by atoms with Crippen LogP contribution >= 0.6 is 0 Å². The van der Waals surface area contributed by atoms with E-state index in [0.717, 1.165) is 11.3 Å². The molecule has 2 aliphatic heterocycles. The van der Waals surface area contributed by atoms with Crippen LogP contribution in [0.2, 0.25) is 0 Å². The van der Waals surface area contributed by atoms with Gasteiger partial charge < -0.3 is 19.1 Å². The van der Waals surface area contributed by atoms with E-state index in [1.165, 1.54) is 21.3 Å². The molecule has 2 aromatic rings. The number of esters is 1. The van der Waals surface area contributed by atoms with Crippen LogP contribution in [0.3, 0.4) is 0 Å². The number of methoxy groups -OCH3 is 3. The third-order valence-electron chi connectivity index (χ3n) is 6.12. The van der Waals surface area contributed by atoms with Gasteiger partial charge in [-0.15, -0.1) is 0 Å². The second-order valence-corrected chi connectivity index (χ2v) is 7.44. The van der Waals surface area contributed by atoms with E-state index in [9.17, 15) is 15.3 Å². The first-order valence-electron chi connectivity index (χ1n) is 9.73. The Hall–Kier alpha value is -3.97. The Morgan fingerprint density at radius 1 is 1.06 bits per heavy atom. The van der Waals surface area contributed by atoms with Gasteiger partial charge >= 0.3 is 5.97 Å². The normalized spacial score (nSPS) is 25.6. The first-order valence-corrected chi connectivity index (χ1v) is 9.73. The Morgan fingerprint density at radius 3 is 2.32 bits per heavy atom. The lowest BCUT2D eigenvalue weighted by atomic mass is 9.69. The van der Waals surface area contributed by atoms with Crippen LogP contribution in [0.15, 0.2) is 48.5 Å². The van der Waals surface area contributed by atoms with Crippen molar-refractivity contribution in [2.24, 2.45) is 5.41 Å². The van der Waals surface area contributed by atoms with E-state index in [-0.39, 0.29) is 0 Å². The molecule has 0 bridgehead atoms. The number of benzene rings is 2. The van der Waals surface area contributed by atoms with E-state index >= 15 is 0 Å². The van der Waals surface area contributed by atoms with Crippen molar-refractivity contribution in [2.75, 3.05) is 26.2 Å². The quantitative estimate of drug-likeness (QED) is 0.707. The predicted molar refractivity (Wildman–Crippen MR) is 113 cm³/mol. The van der Waals surface area contributed by atoms with E-state index in [4.69, 9.17) is 14.2 Å². The van der Waals surface area contributed by atoms with Crippen LogP contribution in [0.1, 0.15) is 17.0 Å². The molecule has 2 heterocycles. The van der Waals surface area contributed by atoms with Gasteiger partial charge in [-0.25, -0.2) is 0 Å². The summed E-state index contributed by atoms with van der Waals surface area (Å²) in [4.78, 5) is 15.1. The molecule has 1 fully saturated rings. The predicted octanol–water partition coefficient (Wildman–Crippen LogP) is 3.28. The smallest absolute Gasteiger partial charge is 0.329 e. The van der Waals surface area contributed by atoms with Crippen molar-refractivity contribution in [3.8, 4) is 23.6 Å². The van der Waals surface area contributed by atoms with Crippen molar-refractivity contribution >= 4 is 17.7 Å². The summed E-state index contributed by atoms with van der Waals surface area (Å²) < 4.78 is 15.9. The number of carbonyl (C=O) groups excluding carboxylic acids is 1. The van der Waals surface area contributed by atoms with Crippen LogP contribution in [0.5, 0.6) is 11.5 Å². The molecule has 4 atom stereocenters. The fourth-order valence-electron chi connectivity index (χ4n) is 4.78. The first-order chi connectivity index (χ1) is 15.0. The number of para-hydroxylation sites is 1. The number of ether oxygens (including phenoxy) is 3. The summed E-state index contributed by atoms with van der Waals surface area (Å²) in [6, 6.07) is 15.9. The van der Waals surface area contributed by atoms with Gasteiger partial charge in [-0.3, -0.25) is 4.79 Å². The summed E-state index contributed by atoms with van der Waals surface area (Å²) >= 11 is 0. The van der Waals surface area contributed by atoms with E-state index in [1.54, 1.807) is 18.2 Å². The number of carbonyl (C=O) groups is 1. The summed E-state index contributed by atoms with van der Waals surface area (Å²) in [6.45, 7) is 0. The van der Waals surface area contributed by atoms with Crippen molar-refractivity contribution in [2.45, 2.75) is 18.0 Å². The van der Waals surface area contributed by atoms with Gasteiger partial charge in [0.05, 0.1) is 39.5 Å². The van der Waals surface area contributed by atoms with Crippen LogP contribution in [-0.2, 0) is 9.53 Å². The molecular formula is C24H21N3O4. The summed E-state index contributed by atoms with van der Waals surface area (Å²) in [5, 5.41) is 20.7. The zero-order valence-corrected chi connectivity index (χ0v) is 17.4. The maximum Gasteiger partial charge on any atom is 0.329 e. The largest absolute Gasteiger partial charge is 0.497 e. The lowest BCUT2D eigenvalue weighted by Gasteiger charge is -2.35. The summed E-state index contributed by atoms with van der Waals surface area (Å²) in [5.41, 5.74) is 0.660. The Labute approximate surface area is 180 Å². The van der Waals surface area contributed by atoms with E-state index in [0.29, 0.717) is 17.1 Å². The molecular weight excluding hydrogens is 394 g/mol. The molecule has 2 aromatic carbocycles. The molecule has 0 unspecified atom stereocenters. The van der Waals surface area contributed by atoms with Gasteiger partial charge in [0.15, 0.2) is 5.41 Å². The zero-order valence-electron chi connectivity index (χ0n) is 17.4. The molecule has 31 heavy (non-hydrogen) atoms. The van der Waals surface area contributed by atoms with E-state index < -0.39 is 29.4 Å². The summed E-state index contributed by atoms with van der Waals surface area (Å²) in [5.74, 6) is -0.481. The number of nitrogens with zero attached hydrogens (tertiary/aromatic N) is 3. The fourth-order valence-corrected chi connectivity index (χ4v) is 4.78. The van der Waals surface area contributed by atoms with E-state index in [1.807, 2.05) is 41.3 Å². The minimum absolute atomic E-state index is 0.503. The second kappa shape index (κ2) is 7.70.